The maximum atomic E-state index is 12.8. The van der Waals surface area contributed by atoms with Crippen molar-refractivity contribution in [2.75, 3.05) is 5.32 Å². The smallest absolute Gasteiger partial charge is 0.258 e. The van der Waals surface area contributed by atoms with E-state index >= 15 is 0 Å². The maximum Gasteiger partial charge on any atom is 0.258 e. The first-order chi connectivity index (χ1) is 7.25. The summed E-state index contributed by atoms with van der Waals surface area (Å²) >= 11 is 0. The number of amides is 1. The highest BCUT2D eigenvalue weighted by molar-refractivity contribution is 6.03. The fourth-order valence-corrected chi connectivity index (χ4v) is 1.14. The molecule has 2 N–H and O–H groups in total. The summed E-state index contributed by atoms with van der Waals surface area (Å²) in [5.74, 6) is -0.714. The number of rotatable bonds is 2. The molecule has 76 valence electrons. The highest BCUT2D eigenvalue weighted by atomic mass is 19.1. The molecule has 0 spiro atoms. The largest absolute Gasteiger partial charge is 0.322 e. The zero-order valence-corrected chi connectivity index (χ0v) is 7.70. The van der Waals surface area contributed by atoms with E-state index < -0.39 is 0 Å². The van der Waals surface area contributed by atoms with Gasteiger partial charge in [0.15, 0.2) is 0 Å². The second-order valence-electron chi connectivity index (χ2n) is 2.95. The molecule has 0 bridgehead atoms. The third kappa shape index (κ3) is 2.19. The van der Waals surface area contributed by atoms with Gasteiger partial charge in [-0.05, 0) is 18.2 Å². The molecule has 4 nitrogen and oxygen atoms in total. The van der Waals surface area contributed by atoms with E-state index in [1.807, 2.05) is 0 Å². The van der Waals surface area contributed by atoms with E-state index in [0.29, 0.717) is 11.3 Å². The summed E-state index contributed by atoms with van der Waals surface area (Å²) in [7, 11) is 0. The number of hydrogen-bond acceptors (Lipinski definition) is 2. The molecule has 0 saturated carbocycles. The fraction of sp³-hybridized carbons (Fsp3) is 0. The second kappa shape index (κ2) is 3.91. The highest BCUT2D eigenvalue weighted by Gasteiger charge is 2.06. The lowest BCUT2D eigenvalue weighted by molar-refractivity contribution is 0.102. The molecule has 0 saturated heterocycles. The van der Waals surface area contributed by atoms with E-state index in [-0.39, 0.29) is 11.7 Å². The van der Waals surface area contributed by atoms with Gasteiger partial charge in [0, 0.05) is 11.9 Å². The van der Waals surface area contributed by atoms with Crippen molar-refractivity contribution in [3.05, 3.63) is 48.0 Å². The number of aromatic amines is 1. The van der Waals surface area contributed by atoms with Crippen LogP contribution in [0.15, 0.2) is 36.7 Å². The van der Waals surface area contributed by atoms with E-state index in [4.69, 9.17) is 0 Å². The molecule has 1 aromatic carbocycles. The number of carbonyl (C=O) groups excluding carboxylic acids is 1. The number of aromatic nitrogens is 2. The molecule has 15 heavy (non-hydrogen) atoms. The van der Waals surface area contributed by atoms with Crippen LogP contribution in [0.1, 0.15) is 10.4 Å². The SMILES string of the molecule is O=C(Nc1cccc(F)c1)c1cn[nH]c1. The van der Waals surface area contributed by atoms with Crippen molar-refractivity contribution in [1.29, 1.82) is 0 Å². The molecule has 0 aliphatic carbocycles. The number of carbonyl (C=O) groups is 1. The Kier molecular flexibility index (Phi) is 2.45. The summed E-state index contributed by atoms with van der Waals surface area (Å²) in [6.45, 7) is 0. The lowest BCUT2D eigenvalue weighted by Gasteiger charge is -2.02. The second-order valence-corrected chi connectivity index (χ2v) is 2.95. The molecule has 2 aromatic rings. The van der Waals surface area contributed by atoms with Gasteiger partial charge in [0.2, 0.25) is 0 Å². The first-order valence-electron chi connectivity index (χ1n) is 4.31. The summed E-state index contributed by atoms with van der Waals surface area (Å²) in [6, 6.07) is 5.70. The number of nitrogens with zero attached hydrogens (tertiary/aromatic N) is 1. The van der Waals surface area contributed by atoms with Gasteiger partial charge in [-0.25, -0.2) is 4.39 Å². The Balaban J connectivity index is 2.13. The maximum absolute atomic E-state index is 12.8. The molecule has 0 atom stereocenters. The van der Waals surface area contributed by atoms with Crippen LogP contribution in [0.2, 0.25) is 0 Å². The van der Waals surface area contributed by atoms with Crippen LogP contribution in [0.5, 0.6) is 0 Å². The van der Waals surface area contributed by atoms with Crippen LogP contribution in [-0.4, -0.2) is 16.1 Å². The normalized spacial score (nSPS) is 9.93. The van der Waals surface area contributed by atoms with Gasteiger partial charge in [0.05, 0.1) is 11.8 Å². The summed E-state index contributed by atoms with van der Waals surface area (Å²) in [6.07, 6.45) is 2.86. The molecule has 1 heterocycles. The minimum Gasteiger partial charge on any atom is -0.322 e. The van der Waals surface area contributed by atoms with Gasteiger partial charge in [-0.2, -0.15) is 5.10 Å². The van der Waals surface area contributed by atoms with Crippen molar-refractivity contribution < 1.29 is 9.18 Å². The van der Waals surface area contributed by atoms with Crippen molar-refractivity contribution in [3.8, 4) is 0 Å². The molecule has 0 fully saturated rings. The zero-order chi connectivity index (χ0) is 10.7. The first-order valence-corrected chi connectivity index (χ1v) is 4.31. The monoisotopic (exact) mass is 205 g/mol. The number of anilines is 1. The summed E-state index contributed by atoms with van der Waals surface area (Å²) in [4.78, 5) is 11.5. The van der Waals surface area contributed by atoms with Gasteiger partial charge < -0.3 is 5.32 Å². The van der Waals surface area contributed by atoms with Gasteiger partial charge >= 0.3 is 0 Å². The Morgan fingerprint density at radius 2 is 2.33 bits per heavy atom. The van der Waals surface area contributed by atoms with Crippen molar-refractivity contribution in [2.45, 2.75) is 0 Å². The predicted octanol–water partition coefficient (Wildman–Crippen LogP) is 1.80. The highest BCUT2D eigenvalue weighted by Crippen LogP contribution is 2.10. The lowest BCUT2D eigenvalue weighted by atomic mass is 10.3. The molecule has 2 rings (SSSR count). The van der Waals surface area contributed by atoms with Crippen LogP contribution in [0.4, 0.5) is 10.1 Å². The lowest BCUT2D eigenvalue weighted by Crippen LogP contribution is -2.10. The van der Waals surface area contributed by atoms with Crippen LogP contribution in [0.25, 0.3) is 0 Å². The van der Waals surface area contributed by atoms with Crippen molar-refractivity contribution in [3.63, 3.8) is 0 Å². The van der Waals surface area contributed by atoms with Crippen LogP contribution < -0.4 is 5.32 Å². The molecule has 5 heteroatoms. The van der Waals surface area contributed by atoms with Gasteiger partial charge in [0.1, 0.15) is 5.82 Å². The van der Waals surface area contributed by atoms with Crippen molar-refractivity contribution in [1.82, 2.24) is 10.2 Å². The Labute approximate surface area is 85.1 Å². The van der Waals surface area contributed by atoms with Gasteiger partial charge in [-0.15, -0.1) is 0 Å². The van der Waals surface area contributed by atoms with Gasteiger partial charge in [0.25, 0.3) is 5.91 Å². The van der Waals surface area contributed by atoms with Gasteiger partial charge in [-0.1, -0.05) is 6.07 Å². The topological polar surface area (TPSA) is 57.8 Å². The average Bonchev–Trinajstić information content (AvgIpc) is 2.70. The van der Waals surface area contributed by atoms with Crippen molar-refractivity contribution in [2.24, 2.45) is 0 Å². The van der Waals surface area contributed by atoms with E-state index in [0.717, 1.165) is 0 Å². The van der Waals surface area contributed by atoms with Crippen molar-refractivity contribution >= 4 is 11.6 Å². The Hall–Kier alpha value is -2.17. The minimum atomic E-state index is -0.389. The Morgan fingerprint density at radius 3 is 3.00 bits per heavy atom. The van der Waals surface area contributed by atoms with E-state index in [9.17, 15) is 9.18 Å². The molecule has 1 aromatic heterocycles. The minimum absolute atomic E-state index is 0.325. The summed E-state index contributed by atoms with van der Waals surface area (Å²) in [5, 5.41) is 8.71. The molecule has 1 amide bonds. The third-order valence-corrected chi connectivity index (χ3v) is 1.84. The molecular weight excluding hydrogens is 197 g/mol. The molecule has 0 unspecified atom stereocenters. The zero-order valence-electron chi connectivity index (χ0n) is 7.70. The van der Waals surface area contributed by atoms with E-state index in [1.54, 1.807) is 6.07 Å². The Bertz CT molecular complexity index is 467. The summed E-state index contributed by atoms with van der Waals surface area (Å²) < 4.78 is 12.8. The number of benzene rings is 1. The van der Waals surface area contributed by atoms with Gasteiger partial charge in [-0.3, -0.25) is 9.89 Å². The van der Waals surface area contributed by atoms with Crippen LogP contribution in [-0.2, 0) is 0 Å². The Morgan fingerprint density at radius 1 is 1.47 bits per heavy atom. The predicted molar refractivity (Wildman–Crippen MR) is 52.9 cm³/mol. The van der Waals surface area contributed by atoms with Crippen LogP contribution >= 0.6 is 0 Å². The first kappa shape index (κ1) is 9.39. The molecule has 0 aliphatic heterocycles. The number of hydrogen-bond donors (Lipinski definition) is 2. The molecule has 0 radical (unpaired) electrons. The fourth-order valence-electron chi connectivity index (χ4n) is 1.14. The number of H-pyrrole nitrogens is 1. The van der Waals surface area contributed by atoms with Crippen LogP contribution in [0, 0.1) is 5.82 Å². The molecule has 0 aliphatic rings. The standard InChI is InChI=1S/C10H8FN3O/c11-8-2-1-3-9(4-8)14-10(15)7-5-12-13-6-7/h1-6H,(H,12,13)(H,14,15). The number of nitrogens with one attached hydrogen (secondary N) is 2. The molecular formula is C10H8FN3O. The number of halogens is 1. The summed E-state index contributed by atoms with van der Waals surface area (Å²) in [5.41, 5.74) is 0.820. The average molecular weight is 205 g/mol. The van der Waals surface area contributed by atoms with Crippen LogP contribution in [0.3, 0.4) is 0 Å². The van der Waals surface area contributed by atoms with E-state index in [2.05, 4.69) is 15.5 Å². The third-order valence-electron chi connectivity index (χ3n) is 1.84. The van der Waals surface area contributed by atoms with E-state index in [1.165, 1.54) is 30.6 Å². The quantitative estimate of drug-likeness (QED) is 0.785.